The number of aryl methyl sites for hydroxylation is 3. The second kappa shape index (κ2) is 3.77. The van der Waals surface area contributed by atoms with Crippen LogP contribution < -0.4 is 0 Å². The van der Waals surface area contributed by atoms with Gasteiger partial charge in [-0.05, 0) is 56.5 Å². The van der Waals surface area contributed by atoms with Crippen molar-refractivity contribution in [1.82, 2.24) is 9.97 Å². The molecule has 0 bridgehead atoms. The number of pyridine rings is 2. The maximum absolute atomic E-state index is 4.74. The van der Waals surface area contributed by atoms with Crippen molar-refractivity contribution >= 4 is 21.8 Å². The molecule has 0 amide bonds. The Balaban J connectivity index is 2.64. The first-order chi connectivity index (χ1) is 8.59. The van der Waals surface area contributed by atoms with Crippen LogP contribution in [0.3, 0.4) is 0 Å². The van der Waals surface area contributed by atoms with E-state index in [2.05, 4.69) is 44.8 Å². The van der Waals surface area contributed by atoms with E-state index in [4.69, 9.17) is 4.98 Å². The molecule has 2 heterocycles. The summed E-state index contributed by atoms with van der Waals surface area (Å²) in [7, 11) is 0. The molecular formula is C16H16N2. The zero-order valence-electron chi connectivity index (χ0n) is 11.2. The molecule has 3 rings (SSSR count). The molecule has 2 heteroatoms. The fourth-order valence-corrected chi connectivity index (χ4v) is 2.53. The Labute approximate surface area is 107 Å². The molecule has 18 heavy (non-hydrogen) atoms. The van der Waals surface area contributed by atoms with Gasteiger partial charge in [-0.1, -0.05) is 6.07 Å². The normalized spacial score (nSPS) is 11.3. The van der Waals surface area contributed by atoms with E-state index in [1.807, 2.05) is 12.3 Å². The van der Waals surface area contributed by atoms with E-state index in [9.17, 15) is 0 Å². The monoisotopic (exact) mass is 236 g/mol. The van der Waals surface area contributed by atoms with Crippen LogP contribution in [0.1, 0.15) is 22.4 Å². The van der Waals surface area contributed by atoms with Crippen molar-refractivity contribution in [3.8, 4) is 0 Å². The number of hydrogen-bond donors (Lipinski definition) is 0. The van der Waals surface area contributed by atoms with Gasteiger partial charge in [0.05, 0.1) is 11.0 Å². The highest BCUT2D eigenvalue weighted by molar-refractivity contribution is 6.05. The number of fused-ring (bicyclic) bond motifs is 3. The van der Waals surface area contributed by atoms with Gasteiger partial charge >= 0.3 is 0 Å². The fourth-order valence-electron chi connectivity index (χ4n) is 2.53. The zero-order valence-corrected chi connectivity index (χ0v) is 11.2. The number of rotatable bonds is 0. The molecule has 0 aliphatic rings. The summed E-state index contributed by atoms with van der Waals surface area (Å²) in [5.74, 6) is 0. The van der Waals surface area contributed by atoms with E-state index in [0.717, 1.165) is 16.7 Å². The average Bonchev–Trinajstić information content (AvgIpc) is 2.38. The van der Waals surface area contributed by atoms with E-state index in [1.165, 1.54) is 27.5 Å². The van der Waals surface area contributed by atoms with Gasteiger partial charge in [-0.2, -0.15) is 0 Å². The lowest BCUT2D eigenvalue weighted by Gasteiger charge is -2.12. The van der Waals surface area contributed by atoms with Gasteiger partial charge < -0.3 is 0 Å². The lowest BCUT2D eigenvalue weighted by atomic mass is 9.98. The summed E-state index contributed by atoms with van der Waals surface area (Å²) < 4.78 is 0. The van der Waals surface area contributed by atoms with Crippen molar-refractivity contribution in [2.24, 2.45) is 0 Å². The average molecular weight is 236 g/mol. The first-order valence-corrected chi connectivity index (χ1v) is 6.21. The van der Waals surface area contributed by atoms with E-state index < -0.39 is 0 Å². The molecule has 0 fully saturated rings. The van der Waals surface area contributed by atoms with Gasteiger partial charge in [0.25, 0.3) is 0 Å². The third-order valence-corrected chi connectivity index (χ3v) is 3.86. The van der Waals surface area contributed by atoms with Crippen molar-refractivity contribution < 1.29 is 0 Å². The Morgan fingerprint density at radius 2 is 1.67 bits per heavy atom. The van der Waals surface area contributed by atoms with E-state index in [1.54, 1.807) is 0 Å². The fraction of sp³-hybridized carbons (Fsp3) is 0.250. The Hall–Kier alpha value is -1.96. The van der Waals surface area contributed by atoms with Gasteiger partial charge in [0.1, 0.15) is 0 Å². The molecule has 0 spiro atoms. The number of benzene rings is 1. The second-order valence-electron chi connectivity index (χ2n) is 4.94. The standard InChI is InChI=1S/C16H16N2/c1-9-8-14-11(3)10(2)12(4)18-16(14)15-13(9)6-5-7-17-15/h5-8H,1-4H3. The molecular weight excluding hydrogens is 220 g/mol. The van der Waals surface area contributed by atoms with Crippen LogP contribution in [0.25, 0.3) is 21.8 Å². The molecule has 0 aliphatic carbocycles. The van der Waals surface area contributed by atoms with Gasteiger partial charge in [-0.15, -0.1) is 0 Å². The molecule has 0 saturated heterocycles. The summed E-state index contributed by atoms with van der Waals surface area (Å²) >= 11 is 0. The van der Waals surface area contributed by atoms with Gasteiger partial charge in [-0.3, -0.25) is 9.97 Å². The number of aromatic nitrogens is 2. The summed E-state index contributed by atoms with van der Waals surface area (Å²) in [5.41, 5.74) is 6.98. The predicted molar refractivity (Wildman–Crippen MR) is 76.0 cm³/mol. The first kappa shape index (κ1) is 11.1. The highest BCUT2D eigenvalue weighted by atomic mass is 14.8. The Morgan fingerprint density at radius 3 is 2.44 bits per heavy atom. The van der Waals surface area contributed by atoms with Gasteiger partial charge in [0, 0.05) is 22.7 Å². The van der Waals surface area contributed by atoms with Crippen molar-refractivity contribution in [3.63, 3.8) is 0 Å². The van der Waals surface area contributed by atoms with Crippen LogP contribution in [-0.2, 0) is 0 Å². The van der Waals surface area contributed by atoms with Gasteiger partial charge in [0.15, 0.2) is 0 Å². The lowest BCUT2D eigenvalue weighted by Crippen LogP contribution is -1.96. The highest BCUT2D eigenvalue weighted by Crippen LogP contribution is 2.29. The third kappa shape index (κ3) is 1.42. The molecule has 2 aromatic heterocycles. The molecule has 0 atom stereocenters. The summed E-state index contributed by atoms with van der Waals surface area (Å²) in [6.07, 6.45) is 1.84. The highest BCUT2D eigenvalue weighted by Gasteiger charge is 2.11. The van der Waals surface area contributed by atoms with E-state index in [0.29, 0.717) is 0 Å². The van der Waals surface area contributed by atoms with Crippen molar-refractivity contribution in [3.05, 3.63) is 46.8 Å². The second-order valence-corrected chi connectivity index (χ2v) is 4.94. The molecule has 0 saturated carbocycles. The molecule has 1 aromatic carbocycles. The number of hydrogen-bond acceptors (Lipinski definition) is 2. The van der Waals surface area contributed by atoms with Crippen molar-refractivity contribution in [1.29, 1.82) is 0 Å². The molecule has 0 radical (unpaired) electrons. The van der Waals surface area contributed by atoms with Crippen LogP contribution in [0.4, 0.5) is 0 Å². The minimum absolute atomic E-state index is 1.01. The molecule has 2 nitrogen and oxygen atoms in total. The molecule has 0 unspecified atom stereocenters. The minimum atomic E-state index is 1.01. The van der Waals surface area contributed by atoms with Crippen LogP contribution in [0.15, 0.2) is 24.4 Å². The summed E-state index contributed by atoms with van der Waals surface area (Å²) in [4.78, 5) is 9.26. The van der Waals surface area contributed by atoms with Gasteiger partial charge in [0.2, 0.25) is 0 Å². The van der Waals surface area contributed by atoms with E-state index >= 15 is 0 Å². The Morgan fingerprint density at radius 1 is 0.889 bits per heavy atom. The lowest BCUT2D eigenvalue weighted by molar-refractivity contribution is 1.17. The maximum atomic E-state index is 4.74. The topological polar surface area (TPSA) is 25.8 Å². The maximum Gasteiger partial charge on any atom is 0.0970 e. The molecule has 90 valence electrons. The smallest absolute Gasteiger partial charge is 0.0970 e. The SMILES string of the molecule is Cc1nc2c(cc(C)c3cccnc32)c(C)c1C. The summed E-state index contributed by atoms with van der Waals surface area (Å²) in [6, 6.07) is 6.33. The van der Waals surface area contributed by atoms with Crippen LogP contribution >= 0.6 is 0 Å². The van der Waals surface area contributed by atoms with Crippen LogP contribution in [0.2, 0.25) is 0 Å². The van der Waals surface area contributed by atoms with Crippen LogP contribution in [-0.4, -0.2) is 9.97 Å². The summed E-state index contributed by atoms with van der Waals surface area (Å²) in [5, 5.41) is 2.42. The quantitative estimate of drug-likeness (QED) is 0.551. The largest absolute Gasteiger partial charge is 0.254 e. The molecule has 0 N–H and O–H groups in total. The van der Waals surface area contributed by atoms with Crippen LogP contribution in [0, 0.1) is 27.7 Å². The van der Waals surface area contributed by atoms with Crippen LogP contribution in [0.5, 0.6) is 0 Å². The Kier molecular flexibility index (Phi) is 2.34. The zero-order chi connectivity index (χ0) is 12.9. The summed E-state index contributed by atoms with van der Waals surface area (Å²) in [6.45, 7) is 8.50. The van der Waals surface area contributed by atoms with E-state index in [-0.39, 0.29) is 0 Å². The van der Waals surface area contributed by atoms with Crippen molar-refractivity contribution in [2.45, 2.75) is 27.7 Å². The molecule has 3 aromatic rings. The number of nitrogens with zero attached hydrogens (tertiary/aromatic N) is 2. The van der Waals surface area contributed by atoms with Crippen molar-refractivity contribution in [2.75, 3.05) is 0 Å². The molecule has 0 aliphatic heterocycles. The first-order valence-electron chi connectivity index (χ1n) is 6.21. The predicted octanol–water partition coefficient (Wildman–Crippen LogP) is 4.02. The Bertz CT molecular complexity index is 773. The minimum Gasteiger partial charge on any atom is -0.254 e. The van der Waals surface area contributed by atoms with Gasteiger partial charge in [-0.25, -0.2) is 0 Å². The third-order valence-electron chi connectivity index (χ3n) is 3.86.